The molecular formula is C28H39NO3S2. The van der Waals surface area contributed by atoms with Gasteiger partial charge in [0.2, 0.25) is 0 Å². The van der Waals surface area contributed by atoms with E-state index in [1.54, 1.807) is 16.4 Å². The van der Waals surface area contributed by atoms with E-state index < -0.39 is 10.0 Å². The number of aryl methyl sites for hydroxylation is 2. The zero-order chi connectivity index (χ0) is 24.3. The van der Waals surface area contributed by atoms with E-state index in [4.69, 9.17) is 0 Å². The van der Waals surface area contributed by atoms with Crippen LogP contribution in [0.15, 0.2) is 41.3 Å². The van der Waals surface area contributed by atoms with Crippen molar-refractivity contribution in [2.75, 3.05) is 15.8 Å². The molecule has 4 rings (SSSR count). The Morgan fingerprint density at radius 2 is 1.85 bits per heavy atom. The summed E-state index contributed by atoms with van der Waals surface area (Å²) in [5, 5.41) is 10.2. The van der Waals surface area contributed by atoms with Crippen molar-refractivity contribution in [2.24, 2.45) is 5.92 Å². The van der Waals surface area contributed by atoms with E-state index >= 15 is 0 Å². The van der Waals surface area contributed by atoms with Crippen LogP contribution in [0.25, 0.3) is 0 Å². The van der Waals surface area contributed by atoms with Gasteiger partial charge in [-0.05, 0) is 109 Å². The number of benzene rings is 2. The SMILES string of the molecule is CCc1ccc2c(c1)CCC(CC)N2S(=O)(=O)c1ccc(C(C)CC2CCSCC2)c(CO)c1. The largest absolute Gasteiger partial charge is 0.392 e. The molecule has 186 valence electrons. The number of aliphatic hydroxyl groups is 1. The molecule has 1 fully saturated rings. The minimum atomic E-state index is -3.74. The lowest BCUT2D eigenvalue weighted by Gasteiger charge is -2.38. The molecule has 4 nitrogen and oxygen atoms in total. The fraction of sp³-hybridized carbons (Fsp3) is 0.571. The van der Waals surface area contributed by atoms with Gasteiger partial charge in [-0.3, -0.25) is 4.31 Å². The summed E-state index contributed by atoms with van der Waals surface area (Å²) in [4.78, 5) is 0.285. The standard InChI is InChI=1S/C28H39NO3S2/c1-4-21-6-11-28-23(17-21)7-8-25(5-2)29(28)34(31,32)26-9-10-27(24(18-26)19-30)20(3)16-22-12-14-33-15-13-22/h6,9-11,17-18,20,22,25,30H,4-5,7-8,12-16,19H2,1-3H3. The molecule has 2 atom stereocenters. The first kappa shape index (κ1) is 25.6. The number of nitrogens with zero attached hydrogens (tertiary/aromatic N) is 1. The van der Waals surface area contributed by atoms with Gasteiger partial charge in [0, 0.05) is 6.04 Å². The van der Waals surface area contributed by atoms with Gasteiger partial charge in [-0.2, -0.15) is 11.8 Å². The minimum Gasteiger partial charge on any atom is -0.392 e. The predicted octanol–water partition coefficient (Wildman–Crippen LogP) is 6.30. The summed E-state index contributed by atoms with van der Waals surface area (Å²) in [5.41, 5.74) is 4.99. The van der Waals surface area contributed by atoms with Crippen LogP contribution < -0.4 is 4.31 Å². The Morgan fingerprint density at radius 1 is 1.09 bits per heavy atom. The average Bonchev–Trinajstić information content (AvgIpc) is 2.87. The maximum atomic E-state index is 14.0. The quantitative estimate of drug-likeness (QED) is 0.461. The maximum Gasteiger partial charge on any atom is 0.264 e. The normalized spacial score (nSPS) is 20.2. The van der Waals surface area contributed by atoms with Gasteiger partial charge in [-0.15, -0.1) is 0 Å². The average molecular weight is 502 g/mol. The third-order valence-electron chi connectivity index (χ3n) is 7.74. The van der Waals surface area contributed by atoms with Crippen LogP contribution in [0.3, 0.4) is 0 Å². The fourth-order valence-electron chi connectivity index (χ4n) is 5.69. The molecule has 2 aliphatic rings. The minimum absolute atomic E-state index is 0.0506. The van der Waals surface area contributed by atoms with Gasteiger partial charge in [0.15, 0.2) is 0 Å². The van der Waals surface area contributed by atoms with Crippen molar-refractivity contribution >= 4 is 27.5 Å². The fourth-order valence-corrected chi connectivity index (χ4v) is 8.74. The van der Waals surface area contributed by atoms with Crippen molar-refractivity contribution < 1.29 is 13.5 Å². The van der Waals surface area contributed by atoms with Crippen molar-refractivity contribution in [3.63, 3.8) is 0 Å². The Balaban J connectivity index is 1.66. The molecule has 0 amide bonds. The van der Waals surface area contributed by atoms with E-state index in [1.807, 2.05) is 30.0 Å². The first-order chi connectivity index (χ1) is 16.4. The van der Waals surface area contributed by atoms with Gasteiger partial charge in [0.1, 0.15) is 0 Å². The molecule has 1 N–H and O–H groups in total. The van der Waals surface area contributed by atoms with E-state index in [2.05, 4.69) is 26.8 Å². The molecule has 2 aromatic carbocycles. The Morgan fingerprint density at radius 3 is 2.53 bits per heavy atom. The Kier molecular flexibility index (Phi) is 8.32. The van der Waals surface area contributed by atoms with Crippen molar-refractivity contribution in [3.8, 4) is 0 Å². The molecule has 2 aromatic rings. The second-order valence-electron chi connectivity index (χ2n) is 9.93. The van der Waals surface area contributed by atoms with E-state index in [9.17, 15) is 13.5 Å². The van der Waals surface area contributed by atoms with Crippen LogP contribution in [0.5, 0.6) is 0 Å². The zero-order valence-electron chi connectivity index (χ0n) is 20.8. The predicted molar refractivity (Wildman–Crippen MR) is 143 cm³/mol. The molecule has 0 bridgehead atoms. The van der Waals surface area contributed by atoms with Crippen LogP contribution in [0.1, 0.15) is 81.0 Å². The van der Waals surface area contributed by atoms with Crippen LogP contribution >= 0.6 is 11.8 Å². The lowest BCUT2D eigenvalue weighted by atomic mass is 9.85. The van der Waals surface area contributed by atoms with Gasteiger partial charge >= 0.3 is 0 Å². The summed E-state index contributed by atoms with van der Waals surface area (Å²) in [6.45, 7) is 6.26. The smallest absolute Gasteiger partial charge is 0.264 e. The molecule has 0 aromatic heterocycles. The van der Waals surface area contributed by atoms with Crippen molar-refractivity contribution in [1.29, 1.82) is 0 Å². The van der Waals surface area contributed by atoms with Gasteiger partial charge in [0.25, 0.3) is 10.0 Å². The summed E-state index contributed by atoms with van der Waals surface area (Å²) in [5.74, 6) is 3.49. The van der Waals surface area contributed by atoms with Crippen molar-refractivity contribution in [3.05, 3.63) is 58.7 Å². The molecule has 6 heteroatoms. The summed E-state index contributed by atoms with van der Waals surface area (Å²) >= 11 is 2.04. The van der Waals surface area contributed by atoms with E-state index in [1.165, 1.54) is 29.9 Å². The first-order valence-electron chi connectivity index (χ1n) is 12.9. The Hall–Kier alpha value is -1.50. The topological polar surface area (TPSA) is 57.6 Å². The lowest BCUT2D eigenvalue weighted by Crippen LogP contribution is -2.43. The van der Waals surface area contributed by atoms with Gasteiger partial charge in [-0.25, -0.2) is 8.42 Å². The third-order valence-corrected chi connectivity index (χ3v) is 10.7. The van der Waals surface area contributed by atoms with Crippen LogP contribution in [0.2, 0.25) is 0 Å². The number of sulfonamides is 1. The van der Waals surface area contributed by atoms with E-state index in [-0.39, 0.29) is 17.5 Å². The van der Waals surface area contributed by atoms with Crippen molar-refractivity contribution in [1.82, 2.24) is 0 Å². The molecule has 0 saturated carbocycles. The Bertz CT molecular complexity index is 1090. The van der Waals surface area contributed by atoms with Gasteiger partial charge in [-0.1, -0.05) is 39.0 Å². The second kappa shape index (κ2) is 11.0. The summed E-state index contributed by atoms with van der Waals surface area (Å²) < 4.78 is 29.6. The summed E-state index contributed by atoms with van der Waals surface area (Å²) in [6, 6.07) is 11.6. The molecule has 2 unspecified atom stereocenters. The highest BCUT2D eigenvalue weighted by atomic mass is 32.2. The number of aliphatic hydroxyl groups excluding tert-OH is 1. The molecule has 34 heavy (non-hydrogen) atoms. The number of anilines is 1. The molecule has 2 aliphatic heterocycles. The molecule has 1 saturated heterocycles. The van der Waals surface area contributed by atoms with Gasteiger partial charge in [0.05, 0.1) is 17.2 Å². The first-order valence-corrected chi connectivity index (χ1v) is 15.5. The van der Waals surface area contributed by atoms with E-state index in [0.29, 0.717) is 5.92 Å². The maximum absolute atomic E-state index is 14.0. The molecule has 0 radical (unpaired) electrons. The molecular weight excluding hydrogens is 462 g/mol. The summed E-state index contributed by atoms with van der Waals surface area (Å²) in [6.07, 6.45) is 7.05. The highest BCUT2D eigenvalue weighted by Gasteiger charge is 2.35. The number of hydrogen-bond acceptors (Lipinski definition) is 4. The molecule has 0 spiro atoms. The van der Waals surface area contributed by atoms with Crippen LogP contribution in [0.4, 0.5) is 5.69 Å². The lowest BCUT2D eigenvalue weighted by molar-refractivity contribution is 0.279. The third kappa shape index (κ3) is 5.19. The van der Waals surface area contributed by atoms with Crippen LogP contribution in [-0.2, 0) is 29.5 Å². The molecule has 0 aliphatic carbocycles. The summed E-state index contributed by atoms with van der Waals surface area (Å²) in [7, 11) is -3.74. The monoisotopic (exact) mass is 501 g/mol. The van der Waals surface area contributed by atoms with Crippen LogP contribution in [0, 0.1) is 5.92 Å². The molecule has 2 heterocycles. The highest BCUT2D eigenvalue weighted by molar-refractivity contribution is 7.99. The Labute approximate surface area is 210 Å². The van der Waals surface area contributed by atoms with Gasteiger partial charge < -0.3 is 5.11 Å². The van der Waals surface area contributed by atoms with Crippen molar-refractivity contribution in [2.45, 2.75) is 89.2 Å². The zero-order valence-corrected chi connectivity index (χ0v) is 22.4. The second-order valence-corrected chi connectivity index (χ2v) is 13.0. The number of hydrogen-bond donors (Lipinski definition) is 1. The number of thioether (sulfide) groups is 1. The van der Waals surface area contributed by atoms with Crippen LogP contribution in [-0.4, -0.2) is 31.1 Å². The highest BCUT2D eigenvalue weighted by Crippen LogP contribution is 2.39. The number of rotatable bonds is 8. The van der Waals surface area contributed by atoms with E-state index in [0.717, 1.165) is 60.4 Å². The number of fused-ring (bicyclic) bond motifs is 1.